The van der Waals surface area contributed by atoms with Gasteiger partial charge in [0.25, 0.3) is 5.56 Å². The second kappa shape index (κ2) is 6.36. The molecule has 0 aliphatic heterocycles. The van der Waals surface area contributed by atoms with Crippen molar-refractivity contribution in [3.05, 3.63) is 27.6 Å². The Bertz CT molecular complexity index is 692. The fraction of sp³-hybridized carbons (Fsp3) is 0.500. The SMILES string of the molecule is CC(C)C(CN)C(=O)N(C)Cc1nc2ccsc2c(=O)[nH]1. The average Bonchev–Trinajstić information content (AvgIpc) is 2.87. The molecular weight excluding hydrogens is 288 g/mol. The summed E-state index contributed by atoms with van der Waals surface area (Å²) in [5, 5.41) is 1.83. The van der Waals surface area contributed by atoms with Gasteiger partial charge >= 0.3 is 0 Å². The van der Waals surface area contributed by atoms with Crippen LogP contribution in [0.25, 0.3) is 10.2 Å². The Morgan fingerprint density at radius 3 is 2.86 bits per heavy atom. The van der Waals surface area contributed by atoms with E-state index >= 15 is 0 Å². The highest BCUT2D eigenvalue weighted by atomic mass is 32.1. The fourth-order valence-electron chi connectivity index (χ4n) is 2.24. The number of hydrogen-bond donors (Lipinski definition) is 2. The van der Waals surface area contributed by atoms with E-state index in [1.54, 1.807) is 18.0 Å². The second-order valence-electron chi connectivity index (χ2n) is 5.43. The number of thiophene rings is 1. The molecule has 1 amide bonds. The number of hydrogen-bond acceptors (Lipinski definition) is 5. The third-order valence-corrected chi connectivity index (χ3v) is 4.41. The van der Waals surface area contributed by atoms with Gasteiger partial charge in [0.1, 0.15) is 10.5 Å². The summed E-state index contributed by atoms with van der Waals surface area (Å²) < 4.78 is 0.606. The maximum atomic E-state index is 12.3. The third kappa shape index (κ3) is 3.30. The van der Waals surface area contributed by atoms with E-state index in [0.717, 1.165) is 0 Å². The summed E-state index contributed by atoms with van der Waals surface area (Å²) in [7, 11) is 1.70. The number of H-pyrrole nitrogens is 1. The van der Waals surface area contributed by atoms with Gasteiger partial charge in [-0.25, -0.2) is 4.98 Å². The van der Waals surface area contributed by atoms with Crippen molar-refractivity contribution in [3.63, 3.8) is 0 Å². The molecule has 2 aromatic rings. The number of aromatic amines is 1. The standard InChI is InChI=1S/C14H20N4O2S/c1-8(2)9(6-15)14(20)18(3)7-11-16-10-4-5-21-12(10)13(19)17-11/h4-5,8-9H,6-7,15H2,1-3H3,(H,16,17,19). The first-order valence-electron chi connectivity index (χ1n) is 6.85. The maximum Gasteiger partial charge on any atom is 0.268 e. The zero-order valence-electron chi connectivity index (χ0n) is 12.4. The molecule has 6 nitrogen and oxygen atoms in total. The van der Waals surface area contributed by atoms with Crippen LogP contribution in [0.2, 0.25) is 0 Å². The first-order chi connectivity index (χ1) is 9.93. The quantitative estimate of drug-likeness (QED) is 0.867. The summed E-state index contributed by atoms with van der Waals surface area (Å²) in [4.78, 5) is 32.9. The van der Waals surface area contributed by atoms with Crippen molar-refractivity contribution in [1.29, 1.82) is 0 Å². The number of fused-ring (bicyclic) bond motifs is 1. The summed E-state index contributed by atoms with van der Waals surface area (Å²) in [6, 6.07) is 1.80. The molecule has 0 spiro atoms. The Labute approximate surface area is 127 Å². The number of carbonyl (C=O) groups is 1. The summed E-state index contributed by atoms with van der Waals surface area (Å²) in [6.45, 7) is 4.53. The number of nitrogens with two attached hydrogens (primary N) is 1. The van der Waals surface area contributed by atoms with Crippen LogP contribution in [0.1, 0.15) is 19.7 Å². The number of rotatable bonds is 5. The Balaban J connectivity index is 2.19. The van der Waals surface area contributed by atoms with Gasteiger partial charge in [0, 0.05) is 13.6 Å². The van der Waals surface area contributed by atoms with Crippen LogP contribution in [0.4, 0.5) is 0 Å². The molecule has 2 aromatic heterocycles. The van der Waals surface area contributed by atoms with Gasteiger partial charge in [-0.2, -0.15) is 0 Å². The number of amides is 1. The lowest BCUT2D eigenvalue weighted by molar-refractivity contribution is -0.135. The number of nitrogens with one attached hydrogen (secondary N) is 1. The van der Waals surface area contributed by atoms with Gasteiger partial charge in [-0.05, 0) is 17.4 Å². The Hall–Kier alpha value is -1.73. The lowest BCUT2D eigenvalue weighted by Gasteiger charge is -2.24. The van der Waals surface area contributed by atoms with Crippen LogP contribution in [0.3, 0.4) is 0 Å². The minimum Gasteiger partial charge on any atom is -0.338 e. The molecule has 21 heavy (non-hydrogen) atoms. The Morgan fingerprint density at radius 2 is 2.24 bits per heavy atom. The van der Waals surface area contributed by atoms with Crippen LogP contribution in [0.15, 0.2) is 16.2 Å². The van der Waals surface area contributed by atoms with Gasteiger partial charge in [0.2, 0.25) is 5.91 Å². The summed E-state index contributed by atoms with van der Waals surface area (Å²) in [6.07, 6.45) is 0. The smallest absolute Gasteiger partial charge is 0.268 e. The molecular formula is C14H20N4O2S. The highest BCUT2D eigenvalue weighted by Gasteiger charge is 2.24. The highest BCUT2D eigenvalue weighted by Crippen LogP contribution is 2.16. The molecule has 0 aliphatic rings. The predicted octanol–water partition coefficient (Wildman–Crippen LogP) is 1.17. The largest absolute Gasteiger partial charge is 0.338 e. The number of carbonyl (C=O) groups excluding carboxylic acids is 1. The zero-order valence-corrected chi connectivity index (χ0v) is 13.2. The second-order valence-corrected chi connectivity index (χ2v) is 6.34. The molecule has 3 N–H and O–H groups in total. The van der Waals surface area contributed by atoms with Gasteiger partial charge in [-0.3, -0.25) is 9.59 Å². The van der Waals surface area contributed by atoms with Crippen molar-refractivity contribution < 1.29 is 4.79 Å². The van der Waals surface area contributed by atoms with Crippen LogP contribution >= 0.6 is 11.3 Å². The summed E-state index contributed by atoms with van der Waals surface area (Å²) >= 11 is 1.36. The van der Waals surface area contributed by atoms with Crippen molar-refractivity contribution in [2.45, 2.75) is 20.4 Å². The topological polar surface area (TPSA) is 92.1 Å². The number of aromatic nitrogens is 2. The Kier molecular flexibility index (Phi) is 4.74. The van der Waals surface area contributed by atoms with Crippen LogP contribution in [0, 0.1) is 11.8 Å². The molecule has 0 saturated heterocycles. The van der Waals surface area contributed by atoms with E-state index in [2.05, 4.69) is 9.97 Å². The fourth-order valence-corrected chi connectivity index (χ4v) is 2.97. The van der Waals surface area contributed by atoms with Crippen LogP contribution in [0.5, 0.6) is 0 Å². The van der Waals surface area contributed by atoms with Crippen molar-refractivity contribution in [1.82, 2.24) is 14.9 Å². The lowest BCUT2D eigenvalue weighted by atomic mass is 9.94. The monoisotopic (exact) mass is 308 g/mol. The van der Waals surface area contributed by atoms with Gasteiger partial charge in [0.15, 0.2) is 0 Å². The molecule has 2 heterocycles. The van der Waals surface area contributed by atoms with Crippen molar-refractivity contribution in [2.24, 2.45) is 17.6 Å². The highest BCUT2D eigenvalue weighted by molar-refractivity contribution is 7.17. The minimum absolute atomic E-state index is 0.0273. The molecule has 0 fully saturated rings. The van der Waals surface area contributed by atoms with E-state index in [4.69, 9.17) is 5.73 Å². The first-order valence-corrected chi connectivity index (χ1v) is 7.73. The van der Waals surface area contributed by atoms with Crippen LogP contribution in [-0.2, 0) is 11.3 Å². The Morgan fingerprint density at radius 1 is 1.52 bits per heavy atom. The van der Waals surface area contributed by atoms with Crippen LogP contribution in [-0.4, -0.2) is 34.4 Å². The van der Waals surface area contributed by atoms with Crippen molar-refractivity contribution in [3.8, 4) is 0 Å². The molecule has 0 bridgehead atoms. The molecule has 1 unspecified atom stereocenters. The lowest BCUT2D eigenvalue weighted by Crippen LogP contribution is -2.39. The first kappa shape index (κ1) is 15.7. The van der Waals surface area contributed by atoms with Gasteiger partial charge in [0.05, 0.1) is 18.0 Å². The molecule has 2 rings (SSSR count). The summed E-state index contributed by atoms with van der Waals surface area (Å²) in [5.41, 5.74) is 6.17. The van der Waals surface area contributed by atoms with E-state index in [0.29, 0.717) is 22.6 Å². The number of nitrogens with zero attached hydrogens (tertiary/aromatic N) is 2. The molecule has 7 heteroatoms. The normalized spacial score (nSPS) is 12.8. The van der Waals surface area contributed by atoms with E-state index in [-0.39, 0.29) is 29.8 Å². The summed E-state index contributed by atoms with van der Waals surface area (Å²) in [5.74, 6) is 0.421. The predicted molar refractivity (Wildman–Crippen MR) is 84.1 cm³/mol. The van der Waals surface area contributed by atoms with Crippen molar-refractivity contribution >= 4 is 27.5 Å². The molecule has 1 atom stereocenters. The van der Waals surface area contributed by atoms with E-state index in [1.165, 1.54) is 11.3 Å². The molecule has 0 aliphatic carbocycles. The van der Waals surface area contributed by atoms with Crippen LogP contribution < -0.4 is 11.3 Å². The molecule has 0 aromatic carbocycles. The van der Waals surface area contributed by atoms with E-state index in [9.17, 15) is 9.59 Å². The van der Waals surface area contributed by atoms with E-state index in [1.807, 2.05) is 19.2 Å². The maximum absolute atomic E-state index is 12.3. The zero-order chi connectivity index (χ0) is 15.6. The molecule has 114 valence electrons. The third-order valence-electron chi connectivity index (χ3n) is 3.50. The van der Waals surface area contributed by atoms with Gasteiger partial charge in [-0.1, -0.05) is 13.8 Å². The van der Waals surface area contributed by atoms with Gasteiger partial charge < -0.3 is 15.6 Å². The minimum atomic E-state index is -0.216. The molecule has 0 radical (unpaired) electrons. The van der Waals surface area contributed by atoms with E-state index < -0.39 is 0 Å². The molecule has 0 saturated carbocycles. The average molecular weight is 308 g/mol. The van der Waals surface area contributed by atoms with Crippen molar-refractivity contribution in [2.75, 3.05) is 13.6 Å². The van der Waals surface area contributed by atoms with Gasteiger partial charge in [-0.15, -0.1) is 11.3 Å².